The molecule has 0 amide bonds. The lowest BCUT2D eigenvalue weighted by Crippen LogP contribution is -1.97. The van der Waals surface area contributed by atoms with Crippen molar-refractivity contribution in [1.29, 1.82) is 0 Å². The predicted octanol–water partition coefficient (Wildman–Crippen LogP) is 6.37. The van der Waals surface area contributed by atoms with E-state index < -0.39 is 5.97 Å². The van der Waals surface area contributed by atoms with Crippen LogP contribution in [0.4, 0.5) is 0 Å². The SMILES string of the molecule is COc1ccc(Cl)cc1-c1nc(S/C(=C\c2ccc(-c3cccc(Br)c3)o2)C(=O)O)n[nH]1. The van der Waals surface area contributed by atoms with E-state index in [0.29, 0.717) is 33.7 Å². The summed E-state index contributed by atoms with van der Waals surface area (Å²) < 4.78 is 12.1. The van der Waals surface area contributed by atoms with E-state index in [1.165, 1.54) is 13.2 Å². The van der Waals surface area contributed by atoms with E-state index >= 15 is 0 Å². The number of methoxy groups -OCH3 is 1. The van der Waals surface area contributed by atoms with E-state index in [1.54, 1.807) is 30.3 Å². The number of carbonyl (C=O) groups is 1. The highest BCUT2D eigenvalue weighted by molar-refractivity contribution is 9.10. The van der Waals surface area contributed by atoms with E-state index in [0.717, 1.165) is 21.8 Å². The number of hydrogen-bond donors (Lipinski definition) is 2. The maximum atomic E-state index is 11.8. The molecule has 0 spiro atoms. The van der Waals surface area contributed by atoms with Gasteiger partial charge in [0.05, 0.1) is 12.7 Å². The van der Waals surface area contributed by atoms with E-state index in [2.05, 4.69) is 31.1 Å². The fraction of sp³-hybridized carbons (Fsp3) is 0.0455. The first-order chi connectivity index (χ1) is 15.4. The third-order valence-corrected chi connectivity index (χ3v) is 5.91. The molecular formula is C22H15BrClN3O4S. The van der Waals surface area contributed by atoms with Crippen molar-refractivity contribution < 1.29 is 19.1 Å². The van der Waals surface area contributed by atoms with Gasteiger partial charge in [0, 0.05) is 21.1 Å². The second kappa shape index (κ2) is 9.64. The van der Waals surface area contributed by atoms with Gasteiger partial charge in [0.25, 0.3) is 0 Å². The Balaban J connectivity index is 1.59. The molecule has 0 saturated heterocycles. The Morgan fingerprint density at radius 2 is 2.09 bits per heavy atom. The van der Waals surface area contributed by atoms with E-state index in [1.807, 2.05) is 24.3 Å². The molecule has 10 heteroatoms. The fourth-order valence-corrected chi connectivity index (χ4v) is 4.13. The van der Waals surface area contributed by atoms with Gasteiger partial charge in [-0.25, -0.2) is 9.78 Å². The number of halogens is 2. The summed E-state index contributed by atoms with van der Waals surface area (Å²) in [4.78, 5) is 16.2. The molecule has 7 nitrogen and oxygen atoms in total. The van der Waals surface area contributed by atoms with Gasteiger partial charge in [-0.15, -0.1) is 5.10 Å². The molecule has 162 valence electrons. The Morgan fingerprint density at radius 3 is 2.84 bits per heavy atom. The van der Waals surface area contributed by atoms with Crippen LogP contribution in [0.1, 0.15) is 5.76 Å². The van der Waals surface area contributed by atoms with Crippen molar-refractivity contribution in [3.05, 3.63) is 74.8 Å². The number of aromatic nitrogens is 3. The van der Waals surface area contributed by atoms with E-state index in [9.17, 15) is 9.90 Å². The minimum atomic E-state index is -1.12. The summed E-state index contributed by atoms with van der Waals surface area (Å²) in [5, 5.41) is 17.3. The minimum Gasteiger partial charge on any atom is -0.496 e. The van der Waals surface area contributed by atoms with Crippen molar-refractivity contribution >= 4 is 51.3 Å². The number of ether oxygens (including phenoxy) is 1. The van der Waals surface area contributed by atoms with Gasteiger partial charge in [0.1, 0.15) is 22.2 Å². The van der Waals surface area contributed by atoms with Crippen LogP contribution in [0.3, 0.4) is 0 Å². The lowest BCUT2D eigenvalue weighted by molar-refractivity contribution is -0.131. The number of aromatic amines is 1. The van der Waals surface area contributed by atoms with Gasteiger partial charge in [-0.05, 0) is 54.2 Å². The van der Waals surface area contributed by atoms with Crippen LogP contribution < -0.4 is 4.74 Å². The summed E-state index contributed by atoms with van der Waals surface area (Å²) >= 11 is 10.4. The highest BCUT2D eigenvalue weighted by atomic mass is 79.9. The third-order valence-electron chi connectivity index (χ3n) is 4.30. The lowest BCUT2D eigenvalue weighted by atomic mass is 10.2. The van der Waals surface area contributed by atoms with Crippen molar-refractivity contribution in [3.8, 4) is 28.5 Å². The number of furan rings is 1. The molecule has 32 heavy (non-hydrogen) atoms. The van der Waals surface area contributed by atoms with Gasteiger partial charge in [-0.1, -0.05) is 39.7 Å². The smallest absolute Gasteiger partial charge is 0.342 e. The number of thioether (sulfide) groups is 1. The van der Waals surface area contributed by atoms with Gasteiger partial charge in [0.15, 0.2) is 5.82 Å². The van der Waals surface area contributed by atoms with Crippen LogP contribution in [0.2, 0.25) is 5.02 Å². The van der Waals surface area contributed by atoms with E-state index in [4.69, 9.17) is 20.8 Å². The van der Waals surface area contributed by atoms with Crippen LogP contribution in [0.5, 0.6) is 5.75 Å². The summed E-state index contributed by atoms with van der Waals surface area (Å²) in [6.45, 7) is 0. The average Bonchev–Trinajstić information content (AvgIpc) is 3.43. The standard InChI is InChI=1S/C22H15BrClN3O4S/c1-30-18-7-5-14(24)10-16(18)20-25-22(27-26-20)32-19(21(28)29)11-15-6-8-17(31-15)12-3-2-4-13(23)9-12/h2-11H,1H3,(H,28,29)(H,25,26,27)/b19-11-. The van der Waals surface area contributed by atoms with Crippen molar-refractivity contribution in [3.63, 3.8) is 0 Å². The van der Waals surface area contributed by atoms with E-state index in [-0.39, 0.29) is 10.1 Å². The lowest BCUT2D eigenvalue weighted by Gasteiger charge is -2.05. The van der Waals surface area contributed by atoms with Crippen molar-refractivity contribution in [2.75, 3.05) is 7.11 Å². The molecule has 2 aromatic carbocycles. The van der Waals surface area contributed by atoms with Crippen LogP contribution >= 0.6 is 39.3 Å². The normalized spacial score (nSPS) is 11.5. The Kier molecular flexibility index (Phi) is 6.69. The molecule has 2 N–H and O–H groups in total. The summed E-state index contributed by atoms with van der Waals surface area (Å²) in [5.41, 5.74) is 1.49. The maximum absolute atomic E-state index is 11.8. The Labute approximate surface area is 200 Å². The first-order valence-electron chi connectivity index (χ1n) is 9.18. The highest BCUT2D eigenvalue weighted by Gasteiger charge is 2.17. The Hall–Kier alpha value is -3.01. The molecule has 0 aliphatic rings. The van der Waals surface area contributed by atoms with Gasteiger partial charge in [-0.3, -0.25) is 5.10 Å². The number of nitrogens with one attached hydrogen (secondary N) is 1. The summed E-state index contributed by atoms with van der Waals surface area (Å²) in [6.07, 6.45) is 1.44. The molecular weight excluding hydrogens is 518 g/mol. The molecule has 0 radical (unpaired) electrons. The largest absolute Gasteiger partial charge is 0.496 e. The van der Waals surface area contributed by atoms with Crippen LogP contribution in [0, 0.1) is 0 Å². The van der Waals surface area contributed by atoms with Gasteiger partial charge in [-0.2, -0.15) is 0 Å². The van der Waals surface area contributed by atoms with Crippen LogP contribution in [0.15, 0.2) is 73.5 Å². The predicted molar refractivity (Wildman–Crippen MR) is 127 cm³/mol. The highest BCUT2D eigenvalue weighted by Crippen LogP contribution is 2.33. The Bertz CT molecular complexity index is 1320. The second-order valence-electron chi connectivity index (χ2n) is 6.44. The van der Waals surface area contributed by atoms with Gasteiger partial charge < -0.3 is 14.3 Å². The number of nitrogens with zero attached hydrogens (tertiary/aromatic N) is 2. The summed E-state index contributed by atoms with van der Waals surface area (Å²) in [5.74, 6) is 0.873. The topological polar surface area (TPSA) is 101 Å². The number of carboxylic acids is 1. The molecule has 4 rings (SSSR count). The zero-order valence-electron chi connectivity index (χ0n) is 16.5. The maximum Gasteiger partial charge on any atom is 0.342 e. The first kappa shape index (κ1) is 22.2. The zero-order valence-corrected chi connectivity index (χ0v) is 19.7. The molecule has 2 heterocycles. The van der Waals surface area contributed by atoms with Gasteiger partial charge >= 0.3 is 5.97 Å². The molecule has 0 unspecified atom stereocenters. The fourth-order valence-electron chi connectivity index (χ4n) is 2.87. The molecule has 0 atom stereocenters. The molecule has 4 aromatic rings. The number of H-pyrrole nitrogens is 1. The molecule has 0 bridgehead atoms. The number of rotatable bonds is 7. The van der Waals surface area contributed by atoms with Crippen molar-refractivity contribution in [2.45, 2.75) is 5.16 Å². The number of benzene rings is 2. The van der Waals surface area contributed by atoms with Crippen molar-refractivity contribution in [2.24, 2.45) is 0 Å². The van der Waals surface area contributed by atoms with Crippen LogP contribution in [0.25, 0.3) is 28.8 Å². The minimum absolute atomic E-state index is 0.00347. The molecule has 0 aliphatic heterocycles. The zero-order chi connectivity index (χ0) is 22.7. The molecule has 2 aromatic heterocycles. The third kappa shape index (κ3) is 5.07. The first-order valence-corrected chi connectivity index (χ1v) is 11.2. The number of hydrogen-bond acceptors (Lipinski definition) is 6. The Morgan fingerprint density at radius 1 is 1.25 bits per heavy atom. The van der Waals surface area contributed by atoms with Crippen LogP contribution in [-0.4, -0.2) is 33.4 Å². The monoisotopic (exact) mass is 531 g/mol. The number of carboxylic acid groups (broad SMARTS) is 1. The summed E-state index contributed by atoms with van der Waals surface area (Å²) in [7, 11) is 1.54. The molecule has 0 aliphatic carbocycles. The second-order valence-corrected chi connectivity index (χ2v) is 8.80. The summed E-state index contributed by atoms with van der Waals surface area (Å²) in [6, 6.07) is 16.2. The number of aliphatic carboxylic acids is 1. The van der Waals surface area contributed by atoms with Crippen LogP contribution in [-0.2, 0) is 4.79 Å². The van der Waals surface area contributed by atoms with Crippen molar-refractivity contribution in [1.82, 2.24) is 15.2 Å². The molecule has 0 saturated carbocycles. The average molecular weight is 533 g/mol. The molecule has 0 fully saturated rings. The quantitative estimate of drug-likeness (QED) is 0.210. The van der Waals surface area contributed by atoms with Gasteiger partial charge in [0.2, 0.25) is 5.16 Å².